The van der Waals surface area contributed by atoms with Gasteiger partial charge in [-0.25, -0.2) is 4.98 Å². The second-order valence-corrected chi connectivity index (χ2v) is 9.56. The van der Waals surface area contributed by atoms with Crippen molar-refractivity contribution in [3.8, 4) is 39.6 Å². The molecule has 6 rings (SSSR count). The Balaban J connectivity index is 0.00000294. The van der Waals surface area contributed by atoms with Gasteiger partial charge in [0.2, 0.25) is 5.89 Å². The molecule has 0 fully saturated rings. The van der Waals surface area contributed by atoms with Crippen LogP contribution in [0.4, 0.5) is 0 Å². The van der Waals surface area contributed by atoms with Crippen molar-refractivity contribution < 1.29 is 30.6 Å². The van der Waals surface area contributed by atoms with Crippen molar-refractivity contribution in [3.05, 3.63) is 127 Å². The van der Waals surface area contributed by atoms with E-state index >= 15 is 0 Å². The van der Waals surface area contributed by atoms with Gasteiger partial charge in [-0.15, -0.1) is 23.8 Å². The summed E-state index contributed by atoms with van der Waals surface area (Å²) in [6, 6.07) is 37.3. The number of benzene rings is 4. The fourth-order valence-electron chi connectivity index (χ4n) is 4.83. The van der Waals surface area contributed by atoms with Gasteiger partial charge in [0.15, 0.2) is 0 Å². The van der Waals surface area contributed by atoms with Crippen molar-refractivity contribution in [2.75, 3.05) is 0 Å². The number of rotatable bonds is 5. The number of aromatic hydroxyl groups is 1. The summed E-state index contributed by atoms with van der Waals surface area (Å²) in [6.07, 6.45) is 1.81. The molecule has 4 nitrogen and oxygen atoms in total. The van der Waals surface area contributed by atoms with Gasteiger partial charge in [0, 0.05) is 33.0 Å². The van der Waals surface area contributed by atoms with Crippen molar-refractivity contribution >= 4 is 11.1 Å². The number of pyridine rings is 1. The van der Waals surface area contributed by atoms with Crippen molar-refractivity contribution in [1.29, 1.82) is 0 Å². The first-order valence-electron chi connectivity index (χ1n) is 12.2. The van der Waals surface area contributed by atoms with Crippen molar-refractivity contribution in [2.45, 2.75) is 19.3 Å². The average molecular weight is 677 g/mol. The Morgan fingerprint density at radius 2 is 1.50 bits per heavy atom. The van der Waals surface area contributed by atoms with Crippen LogP contribution in [0.15, 0.2) is 114 Å². The van der Waals surface area contributed by atoms with Crippen LogP contribution in [0.2, 0.25) is 0 Å². The number of hydrogen-bond donors (Lipinski definition) is 1. The summed E-state index contributed by atoms with van der Waals surface area (Å²) in [4.78, 5) is 9.45. The van der Waals surface area contributed by atoms with Gasteiger partial charge in [-0.3, -0.25) is 4.98 Å². The molecule has 0 aliphatic heterocycles. The fraction of sp³-hybridized carbons (Fsp3) is 0.0909. The Morgan fingerprint density at radius 3 is 2.26 bits per heavy atom. The summed E-state index contributed by atoms with van der Waals surface area (Å²) in [6.45, 7) is 4.46. The monoisotopic (exact) mass is 676 g/mol. The van der Waals surface area contributed by atoms with Gasteiger partial charge in [-0.05, 0) is 35.2 Å². The van der Waals surface area contributed by atoms with Crippen LogP contribution in [0.5, 0.6) is 5.75 Å². The maximum atomic E-state index is 10.3. The number of oxazole rings is 1. The molecule has 0 atom stereocenters. The zero-order valence-electron chi connectivity index (χ0n) is 21.0. The maximum absolute atomic E-state index is 10.3. The third-order valence-electron chi connectivity index (χ3n) is 6.88. The summed E-state index contributed by atoms with van der Waals surface area (Å²) in [5.41, 5.74) is 7.65. The van der Waals surface area contributed by atoms with Crippen LogP contribution in [0.3, 0.4) is 0 Å². The van der Waals surface area contributed by atoms with E-state index in [1.165, 1.54) is 5.56 Å². The summed E-state index contributed by atoms with van der Waals surface area (Å²) in [7, 11) is 0. The molecule has 0 spiro atoms. The maximum Gasteiger partial charge on any atom is 0.230 e. The van der Waals surface area contributed by atoms with Crippen LogP contribution in [-0.2, 0) is 26.5 Å². The molecule has 0 aliphatic carbocycles. The molecule has 5 heteroatoms. The normalized spacial score (nSPS) is 11.3. The van der Waals surface area contributed by atoms with Crippen LogP contribution >= 0.6 is 0 Å². The predicted molar refractivity (Wildman–Crippen MR) is 147 cm³/mol. The van der Waals surface area contributed by atoms with Gasteiger partial charge >= 0.3 is 0 Å². The van der Waals surface area contributed by atoms with Crippen LogP contribution in [-0.4, -0.2) is 15.1 Å². The van der Waals surface area contributed by atoms with Gasteiger partial charge in [-0.1, -0.05) is 97.3 Å². The van der Waals surface area contributed by atoms with Crippen LogP contribution in [0.25, 0.3) is 44.9 Å². The Kier molecular flexibility index (Phi) is 7.01. The molecule has 2 heterocycles. The summed E-state index contributed by atoms with van der Waals surface area (Å²) >= 11 is 0. The number of phenolic OH excluding ortho intramolecular Hbond substituents is 1. The van der Waals surface area contributed by atoms with Gasteiger partial charge in [0.1, 0.15) is 11.3 Å². The SMILES string of the molecule is CC(C)(c1ccccc1)c1ccc(-c2cccc3oc(-c4ccccc4O)nc23)[c-]c1-c1ccccn1.[Pt]. The van der Waals surface area contributed by atoms with E-state index in [0.29, 0.717) is 17.0 Å². The quantitative estimate of drug-likeness (QED) is 0.188. The molecule has 0 amide bonds. The fourth-order valence-corrected chi connectivity index (χ4v) is 4.83. The minimum atomic E-state index is -0.263. The summed E-state index contributed by atoms with van der Waals surface area (Å²) in [5, 5.41) is 10.3. The van der Waals surface area contributed by atoms with E-state index in [1.807, 2.05) is 54.7 Å². The molecule has 38 heavy (non-hydrogen) atoms. The standard InChI is InChI=1S/C33H25N2O2.Pt/c1-33(2,23-11-4-3-5-12-23)27-19-18-22(21-26(27)28-15-8-9-20-34-28)24-14-10-17-30-31(24)35-32(37-30)25-13-6-7-16-29(25)36;/h3-20,36H,1-2H3;/q-1;. The minimum absolute atomic E-state index is 0. The Morgan fingerprint density at radius 1 is 0.763 bits per heavy atom. The number of phenols is 1. The van der Waals surface area contributed by atoms with Crippen LogP contribution in [0.1, 0.15) is 25.0 Å². The Bertz CT molecular complexity index is 1710. The Hall–Kier alpha value is -4.01. The van der Waals surface area contributed by atoms with Crippen LogP contribution < -0.4 is 0 Å². The molecular weight excluding hydrogens is 651 g/mol. The van der Waals surface area contributed by atoms with Crippen molar-refractivity contribution in [3.63, 3.8) is 0 Å². The number of nitrogens with zero attached hydrogens (tertiary/aromatic N) is 2. The zero-order chi connectivity index (χ0) is 25.4. The van der Waals surface area contributed by atoms with E-state index in [2.05, 4.69) is 61.3 Å². The summed E-state index contributed by atoms with van der Waals surface area (Å²) in [5.74, 6) is 0.513. The second-order valence-electron chi connectivity index (χ2n) is 9.56. The van der Waals surface area contributed by atoms with E-state index in [1.54, 1.807) is 18.2 Å². The first-order valence-corrected chi connectivity index (χ1v) is 12.2. The first kappa shape index (κ1) is 25.6. The van der Waals surface area contributed by atoms with Gasteiger partial charge < -0.3 is 9.52 Å². The molecule has 0 unspecified atom stereocenters. The van der Waals surface area contributed by atoms with E-state index in [-0.39, 0.29) is 32.2 Å². The number of para-hydroxylation sites is 2. The predicted octanol–water partition coefficient (Wildman–Crippen LogP) is 8.05. The van der Waals surface area contributed by atoms with Gasteiger partial charge in [0.05, 0.1) is 11.1 Å². The average Bonchev–Trinajstić information content (AvgIpc) is 3.38. The molecule has 0 bridgehead atoms. The van der Waals surface area contributed by atoms with Gasteiger partial charge in [-0.2, -0.15) is 0 Å². The molecular formula is C33H25N2O2Pt-. The third-order valence-corrected chi connectivity index (χ3v) is 6.88. The van der Waals surface area contributed by atoms with E-state index in [4.69, 9.17) is 9.40 Å². The third kappa shape index (κ3) is 4.57. The Labute approximate surface area is 236 Å². The second kappa shape index (κ2) is 10.4. The van der Waals surface area contributed by atoms with Crippen molar-refractivity contribution in [2.24, 2.45) is 0 Å². The number of hydrogen-bond acceptors (Lipinski definition) is 4. The smallest absolute Gasteiger partial charge is 0.230 e. The molecule has 6 aromatic rings. The molecule has 190 valence electrons. The molecule has 0 radical (unpaired) electrons. The number of fused-ring (bicyclic) bond motifs is 1. The molecule has 4 aromatic carbocycles. The van der Waals surface area contributed by atoms with E-state index in [9.17, 15) is 5.11 Å². The first-order chi connectivity index (χ1) is 18.0. The van der Waals surface area contributed by atoms with Gasteiger partial charge in [0.25, 0.3) is 0 Å². The summed E-state index contributed by atoms with van der Waals surface area (Å²) < 4.78 is 6.05. The van der Waals surface area contributed by atoms with E-state index in [0.717, 1.165) is 33.5 Å². The topological polar surface area (TPSA) is 59.2 Å². The molecule has 0 aliphatic rings. The van der Waals surface area contributed by atoms with Crippen molar-refractivity contribution in [1.82, 2.24) is 9.97 Å². The molecule has 0 saturated heterocycles. The molecule has 0 saturated carbocycles. The number of aromatic nitrogens is 2. The largest absolute Gasteiger partial charge is 0.507 e. The minimum Gasteiger partial charge on any atom is -0.507 e. The van der Waals surface area contributed by atoms with E-state index < -0.39 is 0 Å². The molecule has 2 aromatic heterocycles. The molecule has 1 N–H and O–H groups in total. The zero-order valence-corrected chi connectivity index (χ0v) is 23.2. The van der Waals surface area contributed by atoms with Crippen LogP contribution in [0, 0.1) is 6.07 Å².